The number of hydrogen-bond acceptors (Lipinski definition) is 4. The van der Waals surface area contributed by atoms with Gasteiger partial charge in [0.2, 0.25) is 11.7 Å². The molecule has 0 aliphatic rings. The molecule has 7 heteroatoms. The zero-order valence-corrected chi connectivity index (χ0v) is 20.1. The van der Waals surface area contributed by atoms with Crippen LogP contribution in [0, 0.1) is 0 Å². The van der Waals surface area contributed by atoms with E-state index >= 15 is 0 Å². The first-order valence-corrected chi connectivity index (χ1v) is 12.3. The minimum atomic E-state index is -0.569. The highest BCUT2D eigenvalue weighted by Crippen LogP contribution is 2.35. The molecule has 0 unspecified atom stereocenters. The number of ketones is 1. The molecular weight excluding hydrogens is 480 g/mol. The summed E-state index contributed by atoms with van der Waals surface area (Å²) in [6, 6.07) is 25.5. The molecule has 174 valence electrons. The van der Waals surface area contributed by atoms with Crippen molar-refractivity contribution in [2.75, 3.05) is 5.32 Å². The standard InChI is InChI=1S/C28H21ClN2O3S/c29-20-13-14-23-22(17-20)25(26(32)24-10-5-15-35-24)27(33)31(23)28(34)30-21-9-4-8-19(16-21)12-11-18-6-2-1-3-7-18/h1-10,13-17,33H,11-12H2,(H,30,34). The Bertz CT molecular complexity index is 1530. The molecule has 35 heavy (non-hydrogen) atoms. The molecule has 0 aliphatic heterocycles. The summed E-state index contributed by atoms with van der Waals surface area (Å²) in [6.07, 6.45) is 1.71. The third kappa shape index (κ3) is 4.71. The van der Waals surface area contributed by atoms with E-state index in [4.69, 9.17) is 11.6 Å². The van der Waals surface area contributed by atoms with E-state index in [9.17, 15) is 14.7 Å². The van der Waals surface area contributed by atoms with E-state index in [1.807, 2.05) is 36.4 Å². The number of nitrogens with one attached hydrogen (secondary N) is 1. The maximum Gasteiger partial charge on any atom is 0.333 e. The van der Waals surface area contributed by atoms with Crippen molar-refractivity contribution in [3.8, 4) is 5.88 Å². The van der Waals surface area contributed by atoms with Crippen molar-refractivity contribution >= 4 is 51.3 Å². The van der Waals surface area contributed by atoms with Gasteiger partial charge in [-0.25, -0.2) is 9.36 Å². The summed E-state index contributed by atoms with van der Waals surface area (Å²) in [5, 5.41) is 16.5. The van der Waals surface area contributed by atoms with Crippen LogP contribution in [-0.4, -0.2) is 21.5 Å². The largest absolute Gasteiger partial charge is 0.494 e. The van der Waals surface area contributed by atoms with Gasteiger partial charge in [-0.2, -0.15) is 0 Å². The lowest BCUT2D eigenvalue weighted by Gasteiger charge is -2.10. The van der Waals surface area contributed by atoms with Crippen LogP contribution in [0.4, 0.5) is 10.5 Å². The van der Waals surface area contributed by atoms with E-state index in [-0.39, 0.29) is 11.3 Å². The minimum Gasteiger partial charge on any atom is -0.494 e. The molecule has 0 radical (unpaired) electrons. The highest BCUT2D eigenvalue weighted by atomic mass is 35.5. The van der Waals surface area contributed by atoms with Crippen LogP contribution in [0.25, 0.3) is 10.9 Å². The number of aryl methyl sites for hydroxylation is 2. The van der Waals surface area contributed by atoms with Crippen molar-refractivity contribution in [1.82, 2.24) is 4.57 Å². The molecule has 0 spiro atoms. The Morgan fingerprint density at radius 1 is 0.886 bits per heavy atom. The fourth-order valence-corrected chi connectivity index (χ4v) is 4.97. The van der Waals surface area contributed by atoms with Gasteiger partial charge in [0.25, 0.3) is 0 Å². The number of thiophene rings is 1. The molecule has 2 heterocycles. The molecule has 0 atom stereocenters. The molecule has 1 amide bonds. The van der Waals surface area contributed by atoms with Gasteiger partial charge in [0.15, 0.2) is 0 Å². The highest BCUT2D eigenvalue weighted by Gasteiger charge is 2.27. The summed E-state index contributed by atoms with van der Waals surface area (Å²) in [7, 11) is 0. The van der Waals surface area contributed by atoms with E-state index in [1.54, 1.807) is 41.8 Å². The summed E-state index contributed by atoms with van der Waals surface area (Å²) in [6.45, 7) is 0. The number of hydrogen-bond donors (Lipinski definition) is 2. The van der Waals surface area contributed by atoms with E-state index in [0.717, 1.165) is 23.0 Å². The van der Waals surface area contributed by atoms with E-state index in [2.05, 4.69) is 17.4 Å². The predicted molar refractivity (Wildman–Crippen MR) is 141 cm³/mol. The Morgan fingerprint density at radius 3 is 2.43 bits per heavy atom. The van der Waals surface area contributed by atoms with E-state index in [0.29, 0.717) is 26.5 Å². The summed E-state index contributed by atoms with van der Waals surface area (Å²) < 4.78 is 1.11. The van der Waals surface area contributed by atoms with Crippen molar-refractivity contribution in [2.24, 2.45) is 0 Å². The van der Waals surface area contributed by atoms with Gasteiger partial charge in [0.05, 0.1) is 16.0 Å². The smallest absolute Gasteiger partial charge is 0.333 e. The lowest BCUT2D eigenvalue weighted by Crippen LogP contribution is -2.19. The number of fused-ring (bicyclic) bond motifs is 1. The molecule has 0 aliphatic carbocycles. The fourth-order valence-electron chi connectivity index (χ4n) is 4.13. The first kappa shape index (κ1) is 22.9. The average molecular weight is 501 g/mol. The number of carbonyl (C=O) groups excluding carboxylic acids is 2. The van der Waals surface area contributed by atoms with Gasteiger partial charge in [0, 0.05) is 16.1 Å². The van der Waals surface area contributed by atoms with Crippen molar-refractivity contribution in [1.29, 1.82) is 0 Å². The average Bonchev–Trinajstić information content (AvgIpc) is 3.49. The third-order valence-corrected chi connectivity index (χ3v) is 6.91. The number of nitrogens with zero attached hydrogens (tertiary/aromatic N) is 1. The first-order chi connectivity index (χ1) is 17.0. The molecular formula is C28H21ClN2O3S. The summed E-state index contributed by atoms with van der Waals surface area (Å²) in [5.41, 5.74) is 3.36. The van der Waals surface area contributed by atoms with Crippen molar-refractivity contribution in [3.05, 3.63) is 117 Å². The van der Waals surface area contributed by atoms with Crippen LogP contribution in [0.5, 0.6) is 5.88 Å². The molecule has 5 aromatic rings. The van der Waals surface area contributed by atoms with Gasteiger partial charge in [-0.1, -0.05) is 60.1 Å². The van der Waals surface area contributed by atoms with Crippen LogP contribution in [0.3, 0.4) is 0 Å². The van der Waals surface area contributed by atoms with Crippen molar-refractivity contribution < 1.29 is 14.7 Å². The number of anilines is 1. The van der Waals surface area contributed by atoms with Gasteiger partial charge in [-0.3, -0.25) is 4.79 Å². The second-order valence-electron chi connectivity index (χ2n) is 8.12. The van der Waals surface area contributed by atoms with Crippen LogP contribution < -0.4 is 5.32 Å². The fraction of sp³-hybridized carbons (Fsp3) is 0.0714. The van der Waals surface area contributed by atoms with Gasteiger partial charge < -0.3 is 10.4 Å². The van der Waals surface area contributed by atoms with Gasteiger partial charge >= 0.3 is 6.03 Å². The molecule has 0 fully saturated rings. The second-order valence-corrected chi connectivity index (χ2v) is 9.50. The normalized spacial score (nSPS) is 11.0. The minimum absolute atomic E-state index is 0.0525. The summed E-state index contributed by atoms with van der Waals surface area (Å²) >= 11 is 7.45. The quantitative estimate of drug-likeness (QED) is 0.243. The molecule has 5 rings (SSSR count). The number of benzene rings is 3. The Hall–Kier alpha value is -3.87. The van der Waals surface area contributed by atoms with Crippen LogP contribution in [-0.2, 0) is 12.8 Å². The predicted octanol–water partition coefficient (Wildman–Crippen LogP) is 7.16. The Balaban J connectivity index is 1.45. The van der Waals surface area contributed by atoms with Gasteiger partial charge in [-0.15, -0.1) is 11.3 Å². The number of halogens is 1. The Labute approximate surface area is 211 Å². The monoisotopic (exact) mass is 500 g/mol. The van der Waals surface area contributed by atoms with Crippen LogP contribution in [0.1, 0.15) is 26.4 Å². The van der Waals surface area contributed by atoms with Crippen LogP contribution in [0.2, 0.25) is 5.02 Å². The number of carbonyl (C=O) groups is 2. The second kappa shape index (κ2) is 9.78. The maximum absolute atomic E-state index is 13.3. The maximum atomic E-state index is 13.3. The molecule has 0 bridgehead atoms. The lowest BCUT2D eigenvalue weighted by atomic mass is 10.0. The van der Waals surface area contributed by atoms with Crippen LogP contribution in [0.15, 0.2) is 90.3 Å². The number of amides is 1. The van der Waals surface area contributed by atoms with Crippen LogP contribution >= 0.6 is 22.9 Å². The Kier molecular flexibility index (Phi) is 6.40. The first-order valence-electron chi connectivity index (χ1n) is 11.1. The zero-order chi connectivity index (χ0) is 24.4. The number of aromatic hydroxyl groups is 1. The SMILES string of the molecule is O=C(c1cccs1)c1c(O)n(C(=O)Nc2cccc(CCc3ccccc3)c2)c2ccc(Cl)cc12. The molecule has 3 aromatic carbocycles. The van der Waals surface area contributed by atoms with Gasteiger partial charge in [-0.05, 0) is 65.7 Å². The van der Waals surface area contributed by atoms with Gasteiger partial charge in [0.1, 0.15) is 0 Å². The van der Waals surface area contributed by atoms with Crippen molar-refractivity contribution in [2.45, 2.75) is 12.8 Å². The highest BCUT2D eigenvalue weighted by molar-refractivity contribution is 7.12. The molecule has 2 N–H and O–H groups in total. The topological polar surface area (TPSA) is 71.3 Å². The molecule has 5 nitrogen and oxygen atoms in total. The lowest BCUT2D eigenvalue weighted by molar-refractivity contribution is 0.104. The third-order valence-electron chi connectivity index (χ3n) is 5.80. The van der Waals surface area contributed by atoms with E-state index < -0.39 is 11.9 Å². The summed E-state index contributed by atoms with van der Waals surface area (Å²) in [4.78, 5) is 26.9. The number of aromatic nitrogens is 1. The molecule has 0 saturated carbocycles. The van der Waals surface area contributed by atoms with E-state index in [1.165, 1.54) is 16.9 Å². The molecule has 0 saturated heterocycles. The summed E-state index contributed by atoms with van der Waals surface area (Å²) in [5.74, 6) is -0.780. The van der Waals surface area contributed by atoms with Crippen molar-refractivity contribution in [3.63, 3.8) is 0 Å². The molecule has 2 aromatic heterocycles. The zero-order valence-electron chi connectivity index (χ0n) is 18.6. The Morgan fingerprint density at radius 2 is 1.66 bits per heavy atom. The number of rotatable bonds is 6.